The third-order valence-electron chi connectivity index (χ3n) is 2.97. The van der Waals surface area contributed by atoms with Crippen LogP contribution in [0, 0.1) is 5.82 Å². The number of anilines is 1. The maximum atomic E-state index is 14.3. The highest BCUT2D eigenvalue weighted by molar-refractivity contribution is 6.33. The van der Waals surface area contributed by atoms with Crippen molar-refractivity contribution in [2.75, 3.05) is 5.73 Å². The van der Waals surface area contributed by atoms with E-state index in [1.54, 1.807) is 18.3 Å². The van der Waals surface area contributed by atoms with Gasteiger partial charge in [0.1, 0.15) is 11.4 Å². The summed E-state index contributed by atoms with van der Waals surface area (Å²) in [6, 6.07) is 5.89. The highest BCUT2D eigenvalue weighted by Gasteiger charge is 2.19. The van der Waals surface area contributed by atoms with Gasteiger partial charge in [0.2, 0.25) is 5.95 Å². The van der Waals surface area contributed by atoms with Gasteiger partial charge in [-0.3, -0.25) is 0 Å². The van der Waals surface area contributed by atoms with Crippen LogP contribution < -0.4 is 5.73 Å². The predicted molar refractivity (Wildman–Crippen MR) is 74.8 cm³/mol. The van der Waals surface area contributed by atoms with Crippen molar-refractivity contribution in [3.05, 3.63) is 46.9 Å². The molecule has 0 aliphatic carbocycles. The van der Waals surface area contributed by atoms with E-state index < -0.39 is 17.3 Å². The lowest BCUT2D eigenvalue weighted by molar-refractivity contribution is 0.0692. The number of nitrogens with zero attached hydrogens (tertiary/aromatic N) is 3. The number of carboxylic acid groups (broad SMARTS) is 1. The van der Waals surface area contributed by atoms with E-state index in [1.807, 2.05) is 0 Å². The Kier molecular flexibility index (Phi) is 2.99. The maximum absolute atomic E-state index is 14.3. The number of aromatic nitrogens is 3. The van der Waals surface area contributed by atoms with Crippen molar-refractivity contribution in [2.24, 2.45) is 0 Å². The van der Waals surface area contributed by atoms with Crippen LogP contribution >= 0.6 is 11.6 Å². The Morgan fingerprint density at radius 1 is 1.38 bits per heavy atom. The van der Waals surface area contributed by atoms with E-state index in [2.05, 4.69) is 10.1 Å². The molecule has 2 aromatic heterocycles. The summed E-state index contributed by atoms with van der Waals surface area (Å²) in [5.41, 5.74) is 5.91. The van der Waals surface area contributed by atoms with Crippen LogP contribution in [0.2, 0.25) is 5.02 Å². The minimum atomic E-state index is -1.42. The fourth-order valence-corrected chi connectivity index (χ4v) is 2.26. The third kappa shape index (κ3) is 2.17. The summed E-state index contributed by atoms with van der Waals surface area (Å²) in [4.78, 5) is 15.0. The van der Waals surface area contributed by atoms with Crippen LogP contribution in [0.4, 0.5) is 10.3 Å². The number of benzene rings is 1. The molecule has 0 amide bonds. The number of rotatable bonds is 2. The molecule has 6 nitrogen and oxygen atoms in total. The second kappa shape index (κ2) is 4.71. The molecule has 3 aromatic rings. The second-order valence-corrected chi connectivity index (χ2v) is 4.68. The third-order valence-corrected chi connectivity index (χ3v) is 3.28. The first-order chi connectivity index (χ1) is 9.97. The van der Waals surface area contributed by atoms with Gasteiger partial charge >= 0.3 is 5.97 Å². The van der Waals surface area contributed by atoms with Gasteiger partial charge in [-0.05, 0) is 29.8 Å². The van der Waals surface area contributed by atoms with Gasteiger partial charge in [-0.25, -0.2) is 13.7 Å². The van der Waals surface area contributed by atoms with Crippen LogP contribution in [0.15, 0.2) is 30.5 Å². The molecule has 0 spiro atoms. The fraction of sp³-hybridized carbons (Fsp3) is 0. The average molecular weight is 307 g/mol. The molecule has 0 atom stereocenters. The van der Waals surface area contributed by atoms with Crippen LogP contribution in [0.1, 0.15) is 10.4 Å². The molecule has 0 radical (unpaired) electrons. The standard InChI is InChI=1S/C13H8ClFN4O2/c14-8-2-1-7(11(15)10(8)12(20)21)6-3-4-19-9(5-6)17-13(16)18-19/h1-5H,(H2,16,18)(H,20,21). The van der Waals surface area contributed by atoms with Crippen LogP contribution in [0.3, 0.4) is 0 Å². The number of nitrogen functional groups attached to an aromatic ring is 1. The molecule has 2 heterocycles. The molecule has 0 unspecified atom stereocenters. The molecule has 1 aromatic carbocycles. The Bertz CT molecular complexity index is 878. The number of fused-ring (bicyclic) bond motifs is 1. The normalized spacial score (nSPS) is 11.0. The van der Waals surface area contributed by atoms with Gasteiger partial charge in [0.15, 0.2) is 5.65 Å². The molecule has 0 saturated heterocycles. The van der Waals surface area contributed by atoms with Gasteiger partial charge in [0.25, 0.3) is 0 Å². The lowest BCUT2D eigenvalue weighted by Crippen LogP contribution is -2.03. The molecule has 0 saturated carbocycles. The molecule has 3 N–H and O–H groups in total. The van der Waals surface area contributed by atoms with Crippen molar-refractivity contribution >= 4 is 29.2 Å². The molecule has 0 fully saturated rings. The van der Waals surface area contributed by atoms with Crippen molar-refractivity contribution in [1.29, 1.82) is 0 Å². The van der Waals surface area contributed by atoms with E-state index in [1.165, 1.54) is 16.6 Å². The van der Waals surface area contributed by atoms with E-state index in [-0.39, 0.29) is 16.5 Å². The zero-order valence-electron chi connectivity index (χ0n) is 10.4. The summed E-state index contributed by atoms with van der Waals surface area (Å²) in [5.74, 6) is -2.23. The van der Waals surface area contributed by atoms with Gasteiger partial charge in [-0.2, -0.15) is 4.98 Å². The minimum Gasteiger partial charge on any atom is -0.478 e. The van der Waals surface area contributed by atoms with Gasteiger partial charge < -0.3 is 10.8 Å². The first-order valence-corrected chi connectivity index (χ1v) is 6.19. The van der Waals surface area contributed by atoms with Crippen molar-refractivity contribution in [3.63, 3.8) is 0 Å². The molecular weight excluding hydrogens is 299 g/mol. The molecule has 8 heteroatoms. The number of pyridine rings is 1. The monoisotopic (exact) mass is 306 g/mol. The van der Waals surface area contributed by atoms with Crippen molar-refractivity contribution < 1.29 is 14.3 Å². The van der Waals surface area contributed by atoms with Crippen molar-refractivity contribution in [3.8, 4) is 11.1 Å². The average Bonchev–Trinajstić information content (AvgIpc) is 2.77. The van der Waals surface area contributed by atoms with Gasteiger partial charge in [-0.15, -0.1) is 5.10 Å². The van der Waals surface area contributed by atoms with Gasteiger partial charge in [-0.1, -0.05) is 11.6 Å². The number of hydrogen-bond donors (Lipinski definition) is 2. The summed E-state index contributed by atoms with van der Waals surface area (Å²) in [5, 5.41) is 12.8. The largest absolute Gasteiger partial charge is 0.478 e. The number of carbonyl (C=O) groups is 1. The van der Waals surface area contributed by atoms with E-state index in [0.717, 1.165) is 0 Å². The number of aromatic carboxylic acids is 1. The number of hydrogen-bond acceptors (Lipinski definition) is 4. The molecule has 0 aliphatic heterocycles. The molecular formula is C13H8ClFN4O2. The smallest absolute Gasteiger partial charge is 0.340 e. The Morgan fingerprint density at radius 2 is 2.14 bits per heavy atom. The van der Waals surface area contributed by atoms with Gasteiger partial charge in [0.05, 0.1) is 5.02 Å². The lowest BCUT2D eigenvalue weighted by Gasteiger charge is -2.07. The summed E-state index contributed by atoms with van der Waals surface area (Å²) in [7, 11) is 0. The summed E-state index contributed by atoms with van der Waals surface area (Å²) in [6.07, 6.45) is 1.56. The van der Waals surface area contributed by atoms with Crippen LogP contribution in [0.5, 0.6) is 0 Å². The summed E-state index contributed by atoms with van der Waals surface area (Å²) < 4.78 is 15.8. The lowest BCUT2D eigenvalue weighted by atomic mass is 10.0. The maximum Gasteiger partial charge on any atom is 0.340 e. The Hall–Kier alpha value is -2.67. The molecule has 0 bridgehead atoms. The van der Waals surface area contributed by atoms with Crippen LogP contribution in [-0.4, -0.2) is 25.7 Å². The zero-order valence-corrected chi connectivity index (χ0v) is 11.2. The summed E-state index contributed by atoms with van der Waals surface area (Å²) >= 11 is 5.72. The minimum absolute atomic E-state index is 0.0925. The van der Waals surface area contributed by atoms with Crippen LogP contribution in [-0.2, 0) is 0 Å². The number of carboxylic acids is 1. The second-order valence-electron chi connectivity index (χ2n) is 4.28. The fourth-order valence-electron chi connectivity index (χ4n) is 2.04. The topological polar surface area (TPSA) is 93.5 Å². The van der Waals surface area contributed by atoms with Crippen molar-refractivity contribution in [2.45, 2.75) is 0 Å². The first-order valence-electron chi connectivity index (χ1n) is 5.81. The van der Waals surface area contributed by atoms with E-state index in [0.29, 0.717) is 11.2 Å². The molecule has 21 heavy (non-hydrogen) atoms. The quantitative estimate of drug-likeness (QED) is 0.758. The molecule has 106 valence electrons. The summed E-state index contributed by atoms with van der Waals surface area (Å²) in [6.45, 7) is 0. The predicted octanol–water partition coefficient (Wildman–Crippen LogP) is 2.47. The SMILES string of the molecule is Nc1nc2cc(-c3ccc(Cl)c(C(=O)O)c3F)ccn2n1. The van der Waals surface area contributed by atoms with E-state index >= 15 is 0 Å². The van der Waals surface area contributed by atoms with E-state index in [4.69, 9.17) is 22.4 Å². The van der Waals surface area contributed by atoms with Crippen LogP contribution in [0.25, 0.3) is 16.8 Å². The van der Waals surface area contributed by atoms with Crippen molar-refractivity contribution in [1.82, 2.24) is 14.6 Å². The highest BCUT2D eigenvalue weighted by atomic mass is 35.5. The number of nitrogens with two attached hydrogens (primary N) is 1. The Balaban J connectivity index is 2.22. The number of halogens is 2. The Labute approximate surface area is 122 Å². The van der Waals surface area contributed by atoms with E-state index in [9.17, 15) is 9.18 Å². The molecule has 0 aliphatic rings. The van der Waals surface area contributed by atoms with Gasteiger partial charge in [0, 0.05) is 11.8 Å². The zero-order chi connectivity index (χ0) is 15.1. The molecule has 3 rings (SSSR count). The first kappa shape index (κ1) is 13.3. The highest BCUT2D eigenvalue weighted by Crippen LogP contribution is 2.30. The Morgan fingerprint density at radius 3 is 2.86 bits per heavy atom.